The second kappa shape index (κ2) is 8.45. The highest BCUT2D eigenvalue weighted by Crippen LogP contribution is 2.43. The number of methoxy groups -OCH3 is 1. The zero-order chi connectivity index (χ0) is 19.6. The average Bonchev–Trinajstić information content (AvgIpc) is 2.82. The zero-order valence-electron chi connectivity index (χ0n) is 14.0. The molecule has 0 spiro atoms. The van der Waals surface area contributed by atoms with Crippen molar-refractivity contribution in [2.24, 2.45) is 0 Å². The summed E-state index contributed by atoms with van der Waals surface area (Å²) < 4.78 is 10.9. The van der Waals surface area contributed by atoms with Gasteiger partial charge in [-0.25, -0.2) is 0 Å². The highest BCUT2D eigenvalue weighted by Gasteiger charge is 2.37. The van der Waals surface area contributed by atoms with Crippen LogP contribution >= 0.6 is 43.6 Å². The molecular weight excluding hydrogens is 494 g/mol. The van der Waals surface area contributed by atoms with Crippen molar-refractivity contribution in [2.45, 2.75) is 20.0 Å². The molecule has 0 aliphatic carbocycles. The fourth-order valence-electron chi connectivity index (χ4n) is 2.08. The zero-order valence-corrected chi connectivity index (χ0v) is 18.0. The van der Waals surface area contributed by atoms with Crippen molar-refractivity contribution < 1.29 is 29.0 Å². The molecule has 2 amide bonds. The third kappa shape index (κ3) is 4.41. The molecule has 1 N–H and O–H groups in total. The number of esters is 1. The summed E-state index contributed by atoms with van der Waals surface area (Å²) in [5.74, 6) is -1.14. The van der Waals surface area contributed by atoms with Gasteiger partial charge in [0.25, 0.3) is 11.1 Å². The van der Waals surface area contributed by atoms with Gasteiger partial charge in [0.15, 0.2) is 11.5 Å². The molecule has 7 nitrogen and oxygen atoms in total. The normalized spacial score (nSPS) is 15.9. The lowest BCUT2D eigenvalue weighted by atomic mass is 10.2. The highest BCUT2D eigenvalue weighted by molar-refractivity contribution is 9.13. The average molecular weight is 509 g/mol. The lowest BCUT2D eigenvalue weighted by Crippen LogP contribution is -2.35. The predicted molar refractivity (Wildman–Crippen MR) is 104 cm³/mol. The summed E-state index contributed by atoms with van der Waals surface area (Å²) in [6, 6.07) is 1.52. The van der Waals surface area contributed by atoms with E-state index in [4.69, 9.17) is 9.47 Å². The number of carbonyl (C=O) groups is 3. The molecule has 1 saturated heterocycles. The van der Waals surface area contributed by atoms with Crippen LogP contribution in [0.4, 0.5) is 4.79 Å². The van der Waals surface area contributed by atoms with Crippen LogP contribution in [0.15, 0.2) is 19.9 Å². The minimum absolute atomic E-state index is 0.0962. The third-order valence-electron chi connectivity index (χ3n) is 3.21. The molecule has 0 unspecified atom stereocenters. The number of carbonyl (C=O) groups excluding carboxylic acids is 3. The van der Waals surface area contributed by atoms with Gasteiger partial charge in [-0.05, 0) is 75.2 Å². The largest absolute Gasteiger partial charge is 0.503 e. The van der Waals surface area contributed by atoms with E-state index >= 15 is 0 Å². The molecule has 10 heteroatoms. The van der Waals surface area contributed by atoms with Gasteiger partial charge in [-0.15, -0.1) is 0 Å². The van der Waals surface area contributed by atoms with Crippen molar-refractivity contribution in [3.05, 3.63) is 25.5 Å². The molecule has 0 bridgehead atoms. The van der Waals surface area contributed by atoms with Gasteiger partial charge < -0.3 is 14.6 Å². The van der Waals surface area contributed by atoms with Crippen molar-refractivity contribution in [2.75, 3.05) is 13.7 Å². The van der Waals surface area contributed by atoms with Gasteiger partial charge in [0.05, 0.1) is 22.6 Å². The number of imide groups is 1. The summed E-state index contributed by atoms with van der Waals surface area (Å²) in [5.41, 5.74) is 0.516. The number of phenols is 1. The standard InChI is InChI=1S/C16H15Br2NO6S/c1-7(2)25-11(20)6-19-15(22)10(26-16(19)23)5-8-4-9(24-3)14(21)13(18)12(8)17/h4-5,7,21H,6H2,1-3H3/b10-5+. The maximum atomic E-state index is 12.5. The van der Waals surface area contributed by atoms with E-state index in [1.54, 1.807) is 13.8 Å². The Morgan fingerprint density at radius 3 is 2.58 bits per heavy atom. The summed E-state index contributed by atoms with van der Waals surface area (Å²) in [5, 5.41) is 9.41. The number of amides is 2. The molecule has 1 aromatic carbocycles. The Hall–Kier alpha value is -1.52. The summed E-state index contributed by atoms with van der Waals surface area (Å²) >= 11 is 7.27. The molecule has 1 heterocycles. The molecule has 0 saturated carbocycles. The van der Waals surface area contributed by atoms with E-state index in [1.165, 1.54) is 19.3 Å². The SMILES string of the molecule is COc1cc(/C=C2/SC(=O)N(CC(=O)OC(C)C)C2=O)c(Br)c(Br)c1O. The minimum Gasteiger partial charge on any atom is -0.503 e. The molecular formula is C16H15Br2NO6S. The molecule has 26 heavy (non-hydrogen) atoms. The summed E-state index contributed by atoms with van der Waals surface area (Å²) in [7, 11) is 1.40. The lowest BCUT2D eigenvalue weighted by molar-refractivity contribution is -0.149. The number of nitrogens with zero attached hydrogens (tertiary/aromatic N) is 1. The van der Waals surface area contributed by atoms with Crippen LogP contribution in [-0.2, 0) is 14.3 Å². The summed E-state index contributed by atoms with van der Waals surface area (Å²) in [6.07, 6.45) is 1.14. The number of thioether (sulfide) groups is 1. The Morgan fingerprint density at radius 1 is 1.35 bits per heavy atom. The van der Waals surface area contributed by atoms with Crippen LogP contribution in [0.5, 0.6) is 11.5 Å². The number of rotatable bonds is 5. The Morgan fingerprint density at radius 2 is 2.00 bits per heavy atom. The van der Waals surface area contributed by atoms with Gasteiger partial charge in [-0.1, -0.05) is 0 Å². The minimum atomic E-state index is -0.654. The predicted octanol–water partition coefficient (Wildman–Crippen LogP) is 3.91. The number of hydrogen-bond acceptors (Lipinski definition) is 7. The maximum Gasteiger partial charge on any atom is 0.326 e. The topological polar surface area (TPSA) is 93.1 Å². The number of hydrogen-bond donors (Lipinski definition) is 1. The molecule has 1 aliphatic heterocycles. The Bertz CT molecular complexity index is 808. The van der Waals surface area contributed by atoms with Gasteiger partial charge in [-0.2, -0.15) is 0 Å². The quantitative estimate of drug-likeness (QED) is 0.476. The van der Waals surface area contributed by atoms with Crippen LogP contribution in [0.2, 0.25) is 0 Å². The number of halogens is 2. The number of phenolic OH excluding ortho intramolecular Hbond substituents is 1. The van der Waals surface area contributed by atoms with Crippen LogP contribution in [0, 0.1) is 0 Å². The Balaban J connectivity index is 2.31. The van der Waals surface area contributed by atoms with Crippen LogP contribution in [0.1, 0.15) is 19.4 Å². The summed E-state index contributed by atoms with van der Waals surface area (Å²) in [6.45, 7) is 2.92. The molecule has 0 radical (unpaired) electrons. The van der Waals surface area contributed by atoms with Crippen LogP contribution in [0.3, 0.4) is 0 Å². The smallest absolute Gasteiger partial charge is 0.326 e. The van der Waals surface area contributed by atoms with E-state index in [1.807, 2.05) is 0 Å². The lowest BCUT2D eigenvalue weighted by Gasteiger charge is -2.13. The molecule has 1 fully saturated rings. The van der Waals surface area contributed by atoms with E-state index in [-0.39, 0.29) is 22.5 Å². The Labute approximate surface area is 171 Å². The molecule has 2 rings (SSSR count). The first-order valence-electron chi connectivity index (χ1n) is 7.35. The molecule has 1 aromatic rings. The first-order chi connectivity index (χ1) is 12.1. The second-order valence-corrected chi connectivity index (χ2v) is 8.03. The van der Waals surface area contributed by atoms with E-state index in [9.17, 15) is 19.5 Å². The van der Waals surface area contributed by atoms with Crippen LogP contribution in [-0.4, -0.2) is 46.9 Å². The first-order valence-corrected chi connectivity index (χ1v) is 9.75. The fourth-order valence-corrected chi connectivity index (χ4v) is 3.75. The van der Waals surface area contributed by atoms with E-state index < -0.39 is 23.7 Å². The third-order valence-corrected chi connectivity index (χ3v) is 6.27. The Kier molecular flexibility index (Phi) is 6.75. The number of benzene rings is 1. The summed E-state index contributed by atoms with van der Waals surface area (Å²) in [4.78, 5) is 37.2. The van der Waals surface area contributed by atoms with Gasteiger partial charge in [-0.3, -0.25) is 19.3 Å². The van der Waals surface area contributed by atoms with Crippen molar-refractivity contribution in [3.8, 4) is 11.5 Å². The van der Waals surface area contributed by atoms with E-state index in [0.717, 1.165) is 16.7 Å². The molecule has 140 valence electrons. The van der Waals surface area contributed by atoms with Crippen molar-refractivity contribution in [1.29, 1.82) is 0 Å². The number of aromatic hydroxyl groups is 1. The van der Waals surface area contributed by atoms with Crippen LogP contribution < -0.4 is 4.74 Å². The van der Waals surface area contributed by atoms with Gasteiger partial charge in [0.2, 0.25) is 0 Å². The van der Waals surface area contributed by atoms with Gasteiger partial charge in [0.1, 0.15) is 6.54 Å². The van der Waals surface area contributed by atoms with Crippen molar-refractivity contribution >= 4 is 66.8 Å². The van der Waals surface area contributed by atoms with Gasteiger partial charge in [0, 0.05) is 4.47 Å². The molecule has 1 aliphatic rings. The molecule has 0 atom stereocenters. The monoisotopic (exact) mass is 507 g/mol. The van der Waals surface area contributed by atoms with E-state index in [2.05, 4.69) is 31.9 Å². The van der Waals surface area contributed by atoms with Crippen molar-refractivity contribution in [1.82, 2.24) is 4.90 Å². The second-order valence-electron chi connectivity index (χ2n) is 5.45. The molecule has 0 aromatic heterocycles. The fraction of sp³-hybridized carbons (Fsp3) is 0.312. The number of ether oxygens (including phenoxy) is 2. The van der Waals surface area contributed by atoms with E-state index in [0.29, 0.717) is 14.5 Å². The van der Waals surface area contributed by atoms with Gasteiger partial charge >= 0.3 is 5.97 Å². The van der Waals surface area contributed by atoms with Crippen molar-refractivity contribution in [3.63, 3.8) is 0 Å². The van der Waals surface area contributed by atoms with Crippen LogP contribution in [0.25, 0.3) is 6.08 Å². The first kappa shape index (κ1) is 20.8. The highest BCUT2D eigenvalue weighted by atomic mass is 79.9. The maximum absolute atomic E-state index is 12.5.